The molecule has 0 fully saturated rings. The number of hydrogen-bond donors (Lipinski definition) is 6. The Labute approximate surface area is 239 Å². The van der Waals surface area contributed by atoms with E-state index in [1.54, 1.807) is 41.0 Å². The molecule has 0 aliphatic heterocycles. The zero-order valence-electron chi connectivity index (χ0n) is 22.5. The molecule has 1 amide bonds. The number of imidazole rings is 2. The number of aliphatic hydroxyl groups is 1. The highest BCUT2D eigenvalue weighted by molar-refractivity contribution is 6.08. The lowest BCUT2D eigenvalue weighted by molar-refractivity contribution is 0.0953. The average molecular weight is 561 g/mol. The minimum Gasteiger partial charge on any atom is -0.395 e. The summed E-state index contributed by atoms with van der Waals surface area (Å²) in [6.45, 7) is 0.343. The lowest BCUT2D eigenvalue weighted by Gasteiger charge is -2.08. The lowest BCUT2D eigenvalue weighted by atomic mass is 10.1. The minimum absolute atomic E-state index is 0.0751. The Kier molecular flexibility index (Phi) is 7.07. The van der Waals surface area contributed by atoms with Gasteiger partial charge in [0.15, 0.2) is 17.6 Å². The van der Waals surface area contributed by atoms with Gasteiger partial charge in [0.1, 0.15) is 0 Å². The largest absolute Gasteiger partial charge is 0.395 e. The molecule has 11 heteroatoms. The maximum Gasteiger partial charge on any atom is 0.263 e. The number of fused-ring (bicyclic) bond motifs is 3. The first-order valence-electron chi connectivity index (χ1n) is 13.4. The molecular weight excluding hydrogens is 532 g/mol. The van der Waals surface area contributed by atoms with Crippen LogP contribution in [-0.2, 0) is 13.0 Å². The molecule has 6 rings (SSSR count). The van der Waals surface area contributed by atoms with Gasteiger partial charge in [-0.05, 0) is 59.2 Å². The van der Waals surface area contributed by atoms with Crippen molar-refractivity contribution in [2.75, 3.05) is 18.5 Å². The molecule has 0 aliphatic rings. The van der Waals surface area contributed by atoms with Crippen molar-refractivity contribution in [3.05, 3.63) is 102 Å². The van der Waals surface area contributed by atoms with E-state index in [1.807, 2.05) is 12.1 Å². The van der Waals surface area contributed by atoms with Crippen LogP contribution in [0.4, 0.5) is 5.69 Å². The standard InChI is InChI=1S/C31H28N8O3/c32-31(33)35-22-8-10-23-25(17-22)37-28(36-23)27(41)29-38-24-9-7-21(16-26(24)39(29)13-14-40)30(42)34-12-11-18-5-6-19-3-1-2-4-20(19)15-18/h1-10,15-17,40H,11-14H2,(H,34,42)(H,36,37)(H4,32,33,35). The fourth-order valence-electron chi connectivity index (χ4n) is 5.03. The van der Waals surface area contributed by atoms with Crippen LogP contribution in [0.3, 0.4) is 0 Å². The zero-order chi connectivity index (χ0) is 29.2. The smallest absolute Gasteiger partial charge is 0.263 e. The van der Waals surface area contributed by atoms with E-state index in [9.17, 15) is 14.7 Å². The van der Waals surface area contributed by atoms with E-state index in [2.05, 4.69) is 55.9 Å². The van der Waals surface area contributed by atoms with Crippen LogP contribution >= 0.6 is 0 Å². The predicted molar refractivity (Wildman–Crippen MR) is 162 cm³/mol. The van der Waals surface area contributed by atoms with E-state index in [1.165, 1.54) is 5.39 Å². The average Bonchev–Trinajstić information content (AvgIpc) is 3.57. The summed E-state index contributed by atoms with van der Waals surface area (Å²) in [5.41, 5.74) is 9.74. The number of benzene rings is 4. The van der Waals surface area contributed by atoms with Crippen LogP contribution in [0.2, 0.25) is 0 Å². The minimum atomic E-state index is -0.460. The fourth-order valence-corrected chi connectivity index (χ4v) is 5.03. The Balaban J connectivity index is 1.22. The molecule has 0 aliphatic carbocycles. The van der Waals surface area contributed by atoms with Gasteiger partial charge in [-0.25, -0.2) is 9.97 Å². The Bertz CT molecular complexity index is 1990. The Morgan fingerprint density at radius 2 is 1.79 bits per heavy atom. The molecule has 0 bridgehead atoms. The van der Waals surface area contributed by atoms with Crippen molar-refractivity contribution in [1.29, 1.82) is 5.41 Å². The number of anilines is 1. The third kappa shape index (κ3) is 5.28. The number of amides is 1. The maximum atomic E-state index is 13.5. The van der Waals surface area contributed by atoms with Gasteiger partial charge in [-0.15, -0.1) is 0 Å². The molecule has 2 aromatic heterocycles. The fraction of sp³-hybridized carbons (Fsp3) is 0.129. The molecule has 2 heterocycles. The molecule has 7 N–H and O–H groups in total. The number of H-pyrrole nitrogens is 1. The van der Waals surface area contributed by atoms with Crippen molar-refractivity contribution < 1.29 is 14.7 Å². The van der Waals surface area contributed by atoms with Crippen molar-refractivity contribution in [1.82, 2.24) is 24.8 Å². The normalized spacial score (nSPS) is 11.3. The molecule has 0 atom stereocenters. The van der Waals surface area contributed by atoms with Crippen molar-refractivity contribution in [3.63, 3.8) is 0 Å². The van der Waals surface area contributed by atoms with Gasteiger partial charge in [0.25, 0.3) is 11.7 Å². The number of hydrogen-bond acceptors (Lipinski definition) is 6. The maximum absolute atomic E-state index is 13.5. The molecule has 210 valence electrons. The third-order valence-electron chi connectivity index (χ3n) is 7.03. The second-order valence-electron chi connectivity index (χ2n) is 9.89. The van der Waals surface area contributed by atoms with Gasteiger partial charge in [0.2, 0.25) is 0 Å². The number of aliphatic hydroxyl groups excluding tert-OH is 1. The number of carbonyl (C=O) groups is 2. The molecular formula is C31H28N8O3. The summed E-state index contributed by atoms with van der Waals surface area (Å²) in [5.74, 6) is -0.745. The summed E-state index contributed by atoms with van der Waals surface area (Å²) in [5, 5.41) is 25.2. The van der Waals surface area contributed by atoms with Crippen LogP contribution in [0.1, 0.15) is 32.4 Å². The van der Waals surface area contributed by atoms with E-state index in [4.69, 9.17) is 11.1 Å². The molecule has 0 radical (unpaired) electrons. The summed E-state index contributed by atoms with van der Waals surface area (Å²) in [6.07, 6.45) is 0.684. The van der Waals surface area contributed by atoms with Crippen LogP contribution in [0.25, 0.3) is 32.8 Å². The topological polar surface area (TPSA) is 175 Å². The van der Waals surface area contributed by atoms with Gasteiger partial charge in [-0.1, -0.05) is 42.5 Å². The van der Waals surface area contributed by atoms with Crippen LogP contribution < -0.4 is 16.4 Å². The number of aromatic nitrogens is 4. The van der Waals surface area contributed by atoms with Gasteiger partial charge in [0, 0.05) is 24.3 Å². The van der Waals surface area contributed by atoms with Crippen LogP contribution in [0.5, 0.6) is 0 Å². The van der Waals surface area contributed by atoms with Gasteiger partial charge < -0.3 is 31.0 Å². The molecule has 6 aromatic rings. The summed E-state index contributed by atoms with van der Waals surface area (Å²) in [6, 6.07) is 24.6. The number of rotatable bonds is 9. The Morgan fingerprint density at radius 1 is 0.952 bits per heavy atom. The second kappa shape index (κ2) is 11.1. The Morgan fingerprint density at radius 3 is 2.60 bits per heavy atom. The van der Waals surface area contributed by atoms with Crippen molar-refractivity contribution in [2.45, 2.75) is 13.0 Å². The molecule has 42 heavy (non-hydrogen) atoms. The van der Waals surface area contributed by atoms with E-state index in [0.29, 0.717) is 46.3 Å². The Hall–Kier alpha value is -5.55. The summed E-state index contributed by atoms with van der Waals surface area (Å²) in [7, 11) is 0. The number of guanidine groups is 1. The highest BCUT2D eigenvalue weighted by Gasteiger charge is 2.23. The van der Waals surface area contributed by atoms with Crippen LogP contribution in [-0.4, -0.2) is 55.4 Å². The van der Waals surface area contributed by atoms with E-state index < -0.39 is 5.78 Å². The summed E-state index contributed by atoms with van der Waals surface area (Å²) in [4.78, 5) is 38.5. The predicted octanol–water partition coefficient (Wildman–Crippen LogP) is 3.57. The number of carbonyl (C=O) groups excluding carboxylic acids is 2. The first-order valence-corrected chi connectivity index (χ1v) is 13.4. The van der Waals surface area contributed by atoms with Gasteiger partial charge in [-0.3, -0.25) is 15.0 Å². The van der Waals surface area contributed by atoms with Gasteiger partial charge >= 0.3 is 0 Å². The number of nitrogens with two attached hydrogens (primary N) is 1. The SMILES string of the molecule is N=C(N)Nc1ccc2[nH]c(C(=O)c3nc4ccc(C(=O)NCCc5ccc6ccccc6c5)cc4n3CCO)nc2c1. The quantitative estimate of drug-likeness (QED) is 0.0890. The number of aromatic amines is 1. The second-order valence-corrected chi connectivity index (χ2v) is 9.89. The van der Waals surface area contributed by atoms with Crippen molar-refractivity contribution in [2.24, 2.45) is 5.73 Å². The zero-order valence-corrected chi connectivity index (χ0v) is 22.5. The lowest BCUT2D eigenvalue weighted by Crippen LogP contribution is -2.25. The molecule has 4 aromatic carbocycles. The molecule has 11 nitrogen and oxygen atoms in total. The number of nitrogens with one attached hydrogen (secondary N) is 4. The third-order valence-corrected chi connectivity index (χ3v) is 7.03. The molecule has 0 spiro atoms. The molecule has 0 saturated heterocycles. The monoisotopic (exact) mass is 560 g/mol. The molecule has 0 unspecified atom stereocenters. The van der Waals surface area contributed by atoms with E-state index >= 15 is 0 Å². The number of nitrogens with zero attached hydrogens (tertiary/aromatic N) is 3. The first-order chi connectivity index (χ1) is 20.4. The van der Waals surface area contributed by atoms with Gasteiger partial charge in [0.05, 0.1) is 28.7 Å². The van der Waals surface area contributed by atoms with Crippen LogP contribution in [0, 0.1) is 5.41 Å². The summed E-state index contributed by atoms with van der Waals surface area (Å²) >= 11 is 0. The first kappa shape index (κ1) is 26.7. The number of ketones is 1. The van der Waals surface area contributed by atoms with Crippen molar-refractivity contribution in [3.8, 4) is 0 Å². The summed E-state index contributed by atoms with van der Waals surface area (Å²) < 4.78 is 1.60. The van der Waals surface area contributed by atoms with Crippen molar-refractivity contribution >= 4 is 56.2 Å². The molecule has 0 saturated carbocycles. The highest BCUT2D eigenvalue weighted by Crippen LogP contribution is 2.23. The highest BCUT2D eigenvalue weighted by atomic mass is 16.3. The van der Waals surface area contributed by atoms with E-state index in [-0.39, 0.29) is 36.7 Å². The van der Waals surface area contributed by atoms with Crippen LogP contribution in [0.15, 0.2) is 78.9 Å². The van der Waals surface area contributed by atoms with E-state index in [0.717, 1.165) is 10.9 Å². The van der Waals surface area contributed by atoms with Gasteiger partial charge in [-0.2, -0.15) is 0 Å².